The Morgan fingerprint density at radius 3 is 2.30 bits per heavy atom. The molecule has 9 heteroatoms. The van der Waals surface area contributed by atoms with Gasteiger partial charge in [-0.3, -0.25) is 9.69 Å². The van der Waals surface area contributed by atoms with E-state index in [1.165, 1.54) is 34.5 Å². The van der Waals surface area contributed by atoms with Crippen LogP contribution in [0.4, 0.5) is 0 Å². The zero-order valence-corrected chi connectivity index (χ0v) is 19.0. The number of ether oxygens (including phenoxy) is 2. The summed E-state index contributed by atoms with van der Waals surface area (Å²) in [6.07, 6.45) is 0.755. The van der Waals surface area contributed by atoms with E-state index in [1.54, 1.807) is 0 Å². The van der Waals surface area contributed by atoms with Crippen LogP contribution in [-0.2, 0) is 23.9 Å². The number of thioether (sulfide) groups is 2. The second-order valence-corrected chi connectivity index (χ2v) is 9.96. The zero-order chi connectivity index (χ0) is 22.9. The molecule has 0 spiro atoms. The number of cyclic esters (lactones) is 1. The van der Waals surface area contributed by atoms with Gasteiger partial charge in [0.1, 0.15) is 23.7 Å². The summed E-state index contributed by atoms with van der Waals surface area (Å²) >= 11 is 2.76. The van der Waals surface area contributed by atoms with Crippen molar-refractivity contribution in [1.82, 2.24) is 4.90 Å². The van der Waals surface area contributed by atoms with Gasteiger partial charge >= 0.3 is 11.9 Å². The molecular formula is C24H20N2O5S2. The maximum atomic E-state index is 13.6. The SMILES string of the molecule is N[C@@H]1C(=O)N2C(C(=O)OC(c3ccccc3)c3ccccc3)=C(SC3=CC(=O)OC3)CS[C@@H]12. The third-order valence-electron chi connectivity index (χ3n) is 5.49. The largest absolute Gasteiger partial charge is 0.457 e. The van der Waals surface area contributed by atoms with E-state index in [-0.39, 0.29) is 23.6 Å². The van der Waals surface area contributed by atoms with E-state index in [0.29, 0.717) is 15.6 Å². The molecule has 3 heterocycles. The predicted molar refractivity (Wildman–Crippen MR) is 126 cm³/mol. The molecule has 3 aliphatic rings. The standard InChI is InChI=1S/C24H20N2O5S2/c25-19-22(28)26-20(17(13-32-23(19)26)33-16-11-18(27)30-12-16)24(29)31-21(14-7-3-1-4-8-14)15-9-5-2-6-10-15/h1-11,19,21,23H,12-13,25H2/t19-,23+/m1/s1. The van der Waals surface area contributed by atoms with E-state index < -0.39 is 24.1 Å². The number of hydrogen-bond donors (Lipinski definition) is 1. The molecule has 1 amide bonds. The smallest absolute Gasteiger partial charge is 0.356 e. The lowest BCUT2D eigenvalue weighted by molar-refractivity contribution is -0.152. The lowest BCUT2D eigenvalue weighted by Gasteiger charge is -2.48. The number of nitrogens with two attached hydrogens (primary N) is 1. The summed E-state index contributed by atoms with van der Waals surface area (Å²) in [6, 6.07) is 18.2. The topological polar surface area (TPSA) is 98.9 Å². The number of rotatable bonds is 6. The fourth-order valence-electron chi connectivity index (χ4n) is 3.88. The van der Waals surface area contributed by atoms with Crippen molar-refractivity contribution < 1.29 is 23.9 Å². The minimum absolute atomic E-state index is 0.146. The van der Waals surface area contributed by atoms with E-state index in [4.69, 9.17) is 15.2 Å². The van der Waals surface area contributed by atoms with Crippen molar-refractivity contribution >= 4 is 41.4 Å². The average molecular weight is 481 g/mol. The lowest BCUT2D eigenvalue weighted by Crippen LogP contribution is -2.68. The highest BCUT2D eigenvalue weighted by molar-refractivity contribution is 8.09. The molecule has 0 radical (unpaired) electrons. The highest BCUT2D eigenvalue weighted by atomic mass is 32.2. The molecule has 2 N–H and O–H groups in total. The van der Waals surface area contributed by atoms with Crippen LogP contribution in [0.5, 0.6) is 0 Å². The molecule has 0 saturated carbocycles. The Balaban J connectivity index is 1.50. The second kappa shape index (κ2) is 9.09. The highest BCUT2D eigenvalue weighted by Gasteiger charge is 2.52. The Kier molecular flexibility index (Phi) is 6.01. The van der Waals surface area contributed by atoms with Gasteiger partial charge in [-0.05, 0) is 11.1 Å². The first-order chi connectivity index (χ1) is 16.0. The molecule has 2 atom stereocenters. The molecule has 0 unspecified atom stereocenters. The summed E-state index contributed by atoms with van der Waals surface area (Å²) < 4.78 is 11.0. The first-order valence-corrected chi connectivity index (χ1v) is 12.2. The number of nitrogens with zero attached hydrogens (tertiary/aromatic N) is 1. The Bertz CT molecular complexity index is 1130. The summed E-state index contributed by atoms with van der Waals surface area (Å²) in [4.78, 5) is 40.4. The summed E-state index contributed by atoms with van der Waals surface area (Å²) in [5.41, 5.74) is 7.80. The lowest BCUT2D eigenvalue weighted by atomic mass is 10.0. The second-order valence-electron chi connectivity index (χ2n) is 7.63. The van der Waals surface area contributed by atoms with Gasteiger partial charge < -0.3 is 15.2 Å². The molecule has 2 aromatic carbocycles. The van der Waals surface area contributed by atoms with E-state index in [2.05, 4.69) is 0 Å². The summed E-state index contributed by atoms with van der Waals surface area (Å²) in [6.45, 7) is 0.146. The minimum Gasteiger partial charge on any atom is -0.457 e. The number of hydrogen-bond acceptors (Lipinski definition) is 8. The van der Waals surface area contributed by atoms with Crippen molar-refractivity contribution in [2.75, 3.05) is 12.4 Å². The van der Waals surface area contributed by atoms with E-state index in [0.717, 1.165) is 11.1 Å². The molecule has 33 heavy (non-hydrogen) atoms. The molecule has 0 bridgehead atoms. The van der Waals surface area contributed by atoms with Gasteiger partial charge in [0.15, 0.2) is 6.10 Å². The fourth-order valence-corrected chi connectivity index (χ4v) is 6.33. The molecular weight excluding hydrogens is 460 g/mol. The molecule has 5 rings (SSSR count). The van der Waals surface area contributed by atoms with Gasteiger partial charge in [0.2, 0.25) is 5.91 Å². The molecule has 1 saturated heterocycles. The maximum absolute atomic E-state index is 13.6. The average Bonchev–Trinajstić information content (AvgIpc) is 3.27. The summed E-state index contributed by atoms with van der Waals surface area (Å²) in [7, 11) is 0. The van der Waals surface area contributed by atoms with Crippen LogP contribution in [0, 0.1) is 0 Å². The molecule has 0 aromatic heterocycles. The van der Waals surface area contributed by atoms with Crippen LogP contribution in [0.3, 0.4) is 0 Å². The van der Waals surface area contributed by atoms with Crippen LogP contribution >= 0.6 is 23.5 Å². The third-order valence-corrected chi connectivity index (χ3v) is 8.05. The molecule has 1 fully saturated rings. The number of β-lactam (4-membered cyclic amide) rings is 1. The maximum Gasteiger partial charge on any atom is 0.356 e. The number of carbonyl (C=O) groups excluding carboxylic acids is 3. The number of carbonyl (C=O) groups is 3. The van der Waals surface area contributed by atoms with Gasteiger partial charge in [0, 0.05) is 21.6 Å². The van der Waals surface area contributed by atoms with Crippen molar-refractivity contribution in [1.29, 1.82) is 0 Å². The third kappa shape index (κ3) is 4.19. The van der Waals surface area contributed by atoms with Crippen molar-refractivity contribution in [3.63, 3.8) is 0 Å². The van der Waals surface area contributed by atoms with Crippen LogP contribution in [0.15, 0.2) is 82.2 Å². The van der Waals surface area contributed by atoms with Gasteiger partial charge in [-0.2, -0.15) is 0 Å². The number of fused-ring (bicyclic) bond motifs is 1. The Hall–Kier alpha value is -3.01. The van der Waals surface area contributed by atoms with Gasteiger partial charge in [0.25, 0.3) is 0 Å². The van der Waals surface area contributed by atoms with E-state index in [9.17, 15) is 14.4 Å². The normalized spacial score (nSPS) is 22.0. The Morgan fingerprint density at radius 2 is 1.73 bits per heavy atom. The molecule has 7 nitrogen and oxygen atoms in total. The monoisotopic (exact) mass is 480 g/mol. The van der Waals surface area contributed by atoms with Gasteiger partial charge in [-0.1, -0.05) is 72.4 Å². The fraction of sp³-hybridized carbons (Fsp3) is 0.208. The van der Waals surface area contributed by atoms with Crippen molar-refractivity contribution in [3.05, 3.63) is 93.4 Å². The zero-order valence-electron chi connectivity index (χ0n) is 17.4. The van der Waals surface area contributed by atoms with Gasteiger partial charge in [-0.25, -0.2) is 9.59 Å². The molecule has 168 valence electrons. The van der Waals surface area contributed by atoms with Crippen LogP contribution in [0.25, 0.3) is 0 Å². The van der Waals surface area contributed by atoms with Gasteiger partial charge in [-0.15, -0.1) is 11.8 Å². The minimum atomic E-state index is -0.654. The van der Waals surface area contributed by atoms with Crippen LogP contribution in [-0.4, -0.2) is 46.5 Å². The van der Waals surface area contributed by atoms with Crippen molar-refractivity contribution in [3.8, 4) is 0 Å². The van der Waals surface area contributed by atoms with E-state index >= 15 is 0 Å². The quantitative estimate of drug-likeness (QED) is 0.498. The van der Waals surface area contributed by atoms with Crippen LogP contribution in [0.2, 0.25) is 0 Å². The van der Waals surface area contributed by atoms with Crippen LogP contribution < -0.4 is 5.73 Å². The Labute approximate surface area is 199 Å². The first-order valence-electron chi connectivity index (χ1n) is 10.3. The van der Waals surface area contributed by atoms with E-state index in [1.807, 2.05) is 60.7 Å². The summed E-state index contributed by atoms with van der Waals surface area (Å²) in [5.74, 6) is -0.865. The number of amides is 1. The van der Waals surface area contributed by atoms with Crippen molar-refractivity contribution in [2.24, 2.45) is 5.73 Å². The summed E-state index contributed by atoms with van der Waals surface area (Å²) in [5, 5.41) is -0.313. The molecule has 3 aliphatic heterocycles. The van der Waals surface area contributed by atoms with Gasteiger partial charge in [0.05, 0.1) is 0 Å². The Morgan fingerprint density at radius 1 is 1.09 bits per heavy atom. The first kappa shape index (κ1) is 21.8. The molecule has 2 aromatic rings. The number of benzene rings is 2. The highest BCUT2D eigenvalue weighted by Crippen LogP contribution is 2.45. The number of esters is 2. The van der Waals surface area contributed by atoms with Crippen LogP contribution in [0.1, 0.15) is 17.2 Å². The predicted octanol–water partition coefficient (Wildman–Crippen LogP) is 2.95. The molecule has 0 aliphatic carbocycles. The van der Waals surface area contributed by atoms with Crippen molar-refractivity contribution in [2.45, 2.75) is 17.5 Å².